The van der Waals surface area contributed by atoms with Crippen LogP contribution < -0.4 is 16.5 Å². The van der Waals surface area contributed by atoms with Crippen molar-refractivity contribution < 1.29 is 9.59 Å². The van der Waals surface area contributed by atoms with Gasteiger partial charge in [0.15, 0.2) is 11.5 Å². The molecule has 7 nitrogen and oxygen atoms in total. The summed E-state index contributed by atoms with van der Waals surface area (Å²) in [6.45, 7) is 3.87. The Bertz CT molecular complexity index is 603. The van der Waals surface area contributed by atoms with Crippen LogP contribution in [0, 0.1) is 5.92 Å². The number of hydrazine groups is 2. The highest BCUT2D eigenvalue weighted by molar-refractivity contribution is 6.13. The number of nitrogens with two attached hydrogens (primary N) is 1. The molecule has 0 aromatic heterocycles. The molecule has 1 heterocycles. The van der Waals surface area contributed by atoms with Gasteiger partial charge in [-0.05, 0) is 10.2 Å². The Morgan fingerprint density at radius 1 is 1.32 bits per heavy atom. The number of nitrogens with one attached hydrogen (secondary N) is 2. The summed E-state index contributed by atoms with van der Waals surface area (Å²) in [6.07, 6.45) is 0. The van der Waals surface area contributed by atoms with Crippen molar-refractivity contribution in [2.45, 2.75) is 20.4 Å². The van der Waals surface area contributed by atoms with Crippen LogP contribution in [0.15, 0.2) is 41.8 Å². The van der Waals surface area contributed by atoms with E-state index in [4.69, 9.17) is 17.5 Å². The molecule has 2 rings (SSSR count). The lowest BCUT2D eigenvalue weighted by Gasteiger charge is -2.26. The first-order chi connectivity index (χ1) is 10.4. The number of nitrogens with zero attached hydrogens (tertiary/aromatic N) is 2. The van der Waals surface area contributed by atoms with Gasteiger partial charge in [0, 0.05) is 17.7 Å². The Balaban J connectivity index is 2.29. The van der Waals surface area contributed by atoms with Crippen LogP contribution in [0.2, 0.25) is 0 Å². The summed E-state index contributed by atoms with van der Waals surface area (Å²) in [5.74, 6) is -0.949. The molecular formula is C14H18ClN5O2. The van der Waals surface area contributed by atoms with Crippen LogP contribution in [-0.2, 0) is 16.1 Å². The molecule has 0 unspecified atom stereocenters. The fraction of sp³-hybridized carbons (Fsp3) is 0.286. The minimum Gasteiger partial charge on any atom is -0.364 e. The van der Waals surface area contributed by atoms with Crippen molar-refractivity contribution in [2.75, 3.05) is 0 Å². The molecule has 0 aliphatic carbocycles. The summed E-state index contributed by atoms with van der Waals surface area (Å²) >= 11 is 6.07. The number of hydrogen-bond donors (Lipinski definition) is 3. The largest absolute Gasteiger partial charge is 0.364 e. The summed E-state index contributed by atoms with van der Waals surface area (Å²) in [7, 11) is 0. The van der Waals surface area contributed by atoms with E-state index < -0.39 is 5.91 Å². The zero-order chi connectivity index (χ0) is 16.3. The van der Waals surface area contributed by atoms with Crippen molar-refractivity contribution in [3.8, 4) is 0 Å². The van der Waals surface area contributed by atoms with Crippen molar-refractivity contribution in [2.24, 2.45) is 11.7 Å². The van der Waals surface area contributed by atoms with Crippen LogP contribution in [0.4, 0.5) is 0 Å². The molecule has 0 bridgehead atoms. The summed E-state index contributed by atoms with van der Waals surface area (Å²) in [5, 5.41) is 4.21. The zero-order valence-corrected chi connectivity index (χ0v) is 13.1. The number of carbonyl (C=O) groups is 2. The van der Waals surface area contributed by atoms with E-state index >= 15 is 0 Å². The first-order valence-electron chi connectivity index (χ1n) is 6.79. The van der Waals surface area contributed by atoms with Gasteiger partial charge in [0.25, 0.3) is 5.91 Å². The number of benzene rings is 1. The van der Waals surface area contributed by atoms with E-state index in [9.17, 15) is 9.59 Å². The van der Waals surface area contributed by atoms with Gasteiger partial charge in [-0.1, -0.05) is 44.2 Å². The van der Waals surface area contributed by atoms with Crippen LogP contribution in [0.25, 0.3) is 0 Å². The number of hydrogen-bond acceptors (Lipinski definition) is 5. The van der Waals surface area contributed by atoms with E-state index in [-0.39, 0.29) is 23.3 Å². The van der Waals surface area contributed by atoms with Crippen molar-refractivity contribution in [1.29, 1.82) is 0 Å². The van der Waals surface area contributed by atoms with E-state index in [1.54, 1.807) is 13.8 Å². The van der Waals surface area contributed by atoms with Gasteiger partial charge in [-0.25, -0.2) is 0 Å². The lowest BCUT2D eigenvalue weighted by molar-refractivity contribution is -0.124. The van der Waals surface area contributed by atoms with Gasteiger partial charge in [0.1, 0.15) is 0 Å². The maximum absolute atomic E-state index is 12.0. The van der Waals surface area contributed by atoms with Crippen LogP contribution in [-0.4, -0.2) is 21.5 Å². The number of amides is 2. The fourth-order valence-electron chi connectivity index (χ4n) is 1.88. The highest BCUT2D eigenvalue weighted by atomic mass is 35.5. The smallest absolute Gasteiger partial charge is 0.270 e. The topological polar surface area (TPSA) is 90.7 Å². The quantitative estimate of drug-likeness (QED) is 0.697. The van der Waals surface area contributed by atoms with E-state index in [0.29, 0.717) is 6.54 Å². The molecule has 1 aromatic carbocycles. The Morgan fingerprint density at radius 2 is 1.95 bits per heavy atom. The predicted octanol–water partition coefficient (Wildman–Crippen LogP) is 0.804. The molecule has 0 spiro atoms. The minimum atomic E-state index is -0.708. The van der Waals surface area contributed by atoms with Gasteiger partial charge in [-0.2, -0.15) is 0 Å². The standard InChI is InChI=1S/C14H18ClN5O2/c1-9(2)14(22)17-13-11(12(16)21)18-20(15)19(13)8-10-6-4-3-5-7-10/h3-7,9,18H,8H2,1-2H3,(H2,16,21)(H,17,22). The van der Waals surface area contributed by atoms with Gasteiger partial charge in [-0.3, -0.25) is 20.0 Å². The van der Waals surface area contributed by atoms with Gasteiger partial charge in [0.05, 0.1) is 6.54 Å². The van der Waals surface area contributed by atoms with Crippen LogP contribution in [0.5, 0.6) is 0 Å². The lowest BCUT2D eigenvalue weighted by Crippen LogP contribution is -2.40. The highest BCUT2D eigenvalue weighted by Gasteiger charge is 2.33. The molecule has 1 aromatic rings. The first kappa shape index (κ1) is 16.1. The second-order valence-electron chi connectivity index (χ2n) is 5.15. The SMILES string of the molecule is CC(C)C(=O)NC1=C(C(N)=O)NN(Cl)N1Cc1ccccc1. The Morgan fingerprint density at radius 3 is 2.50 bits per heavy atom. The Labute approximate surface area is 133 Å². The third-order valence-corrected chi connectivity index (χ3v) is 3.37. The number of halogens is 1. The molecule has 2 amide bonds. The second kappa shape index (κ2) is 6.67. The summed E-state index contributed by atoms with van der Waals surface area (Å²) in [4.78, 5) is 23.5. The zero-order valence-electron chi connectivity index (χ0n) is 12.3. The summed E-state index contributed by atoms with van der Waals surface area (Å²) in [5.41, 5.74) is 8.97. The molecule has 1 aliphatic rings. The lowest BCUT2D eigenvalue weighted by atomic mass is 10.2. The van der Waals surface area contributed by atoms with Crippen LogP contribution in [0.3, 0.4) is 0 Å². The van der Waals surface area contributed by atoms with E-state index in [1.165, 1.54) is 5.01 Å². The molecule has 0 saturated heterocycles. The molecule has 4 N–H and O–H groups in total. The van der Waals surface area contributed by atoms with Gasteiger partial charge < -0.3 is 11.1 Å². The van der Waals surface area contributed by atoms with Gasteiger partial charge in [-0.15, -0.1) is 0 Å². The van der Waals surface area contributed by atoms with Gasteiger partial charge in [0.2, 0.25) is 5.91 Å². The highest BCUT2D eigenvalue weighted by Crippen LogP contribution is 2.22. The van der Waals surface area contributed by atoms with Crippen LogP contribution in [0.1, 0.15) is 19.4 Å². The van der Waals surface area contributed by atoms with E-state index in [2.05, 4.69) is 10.7 Å². The van der Waals surface area contributed by atoms with Crippen molar-refractivity contribution in [1.82, 2.24) is 20.4 Å². The average Bonchev–Trinajstić information content (AvgIpc) is 2.77. The van der Waals surface area contributed by atoms with Crippen molar-refractivity contribution in [3.63, 3.8) is 0 Å². The molecular weight excluding hydrogens is 306 g/mol. The van der Waals surface area contributed by atoms with Crippen molar-refractivity contribution in [3.05, 3.63) is 47.4 Å². The maximum Gasteiger partial charge on any atom is 0.270 e. The monoisotopic (exact) mass is 323 g/mol. The molecule has 0 saturated carbocycles. The molecule has 8 heteroatoms. The Kier molecular flexibility index (Phi) is 4.89. The Hall–Kier alpha value is -2.25. The van der Waals surface area contributed by atoms with E-state index in [1.807, 2.05) is 30.3 Å². The molecule has 1 aliphatic heterocycles. The van der Waals surface area contributed by atoms with Crippen LogP contribution >= 0.6 is 11.8 Å². The third kappa shape index (κ3) is 3.49. The molecule has 0 radical (unpaired) electrons. The molecule has 0 atom stereocenters. The first-order valence-corrected chi connectivity index (χ1v) is 7.13. The van der Waals surface area contributed by atoms with E-state index in [0.717, 1.165) is 10.2 Å². The second-order valence-corrected chi connectivity index (χ2v) is 5.47. The molecule has 0 fully saturated rings. The van der Waals surface area contributed by atoms with Crippen molar-refractivity contribution >= 4 is 23.6 Å². The maximum atomic E-state index is 12.0. The van der Waals surface area contributed by atoms with Gasteiger partial charge >= 0.3 is 0 Å². The summed E-state index contributed by atoms with van der Waals surface area (Å²) < 4.78 is 1.10. The number of carbonyl (C=O) groups excluding carboxylic acids is 2. The fourth-order valence-corrected chi connectivity index (χ4v) is 2.09. The minimum absolute atomic E-state index is 0.0416. The normalized spacial score (nSPS) is 15.2. The predicted molar refractivity (Wildman–Crippen MR) is 82.0 cm³/mol. The molecule has 118 valence electrons. The third-order valence-electron chi connectivity index (χ3n) is 3.10. The average molecular weight is 324 g/mol. The molecule has 22 heavy (non-hydrogen) atoms. The number of primary amides is 1. The summed E-state index contributed by atoms with van der Waals surface area (Å²) in [6, 6.07) is 9.51. The number of rotatable bonds is 5.